The Morgan fingerprint density at radius 1 is 1.26 bits per heavy atom. The molecule has 3 rings (SSSR count). The number of amides is 1. The molecule has 146 valence electrons. The van der Waals surface area contributed by atoms with E-state index in [-0.39, 0.29) is 11.4 Å². The van der Waals surface area contributed by atoms with E-state index in [9.17, 15) is 4.79 Å². The summed E-state index contributed by atoms with van der Waals surface area (Å²) in [5.74, 6) is 1.74. The lowest BCUT2D eigenvalue weighted by atomic mass is 10.1. The van der Waals surface area contributed by atoms with Crippen molar-refractivity contribution in [2.45, 2.75) is 58.5 Å². The summed E-state index contributed by atoms with van der Waals surface area (Å²) in [6, 6.07) is 7.62. The van der Waals surface area contributed by atoms with Crippen molar-refractivity contribution in [3.8, 4) is 11.5 Å². The second-order valence-electron chi connectivity index (χ2n) is 7.91. The molecule has 1 fully saturated rings. The highest BCUT2D eigenvalue weighted by Crippen LogP contribution is 2.41. The van der Waals surface area contributed by atoms with Crippen LogP contribution >= 0.6 is 0 Å². The molecule has 0 unspecified atom stereocenters. The highest BCUT2D eigenvalue weighted by molar-refractivity contribution is 5.92. The van der Waals surface area contributed by atoms with Gasteiger partial charge in [0.25, 0.3) is 5.91 Å². The maximum absolute atomic E-state index is 12.6. The third-order valence-corrected chi connectivity index (χ3v) is 4.58. The fraction of sp³-hybridized carbons (Fsp3) is 0.524. The van der Waals surface area contributed by atoms with Crippen LogP contribution in [-0.4, -0.2) is 29.4 Å². The zero-order chi connectivity index (χ0) is 19.6. The van der Waals surface area contributed by atoms with E-state index in [1.54, 1.807) is 7.11 Å². The topological polar surface area (TPSA) is 65.4 Å². The van der Waals surface area contributed by atoms with Crippen LogP contribution in [0.25, 0.3) is 0 Å². The average molecular weight is 371 g/mol. The quantitative estimate of drug-likeness (QED) is 0.803. The van der Waals surface area contributed by atoms with Crippen molar-refractivity contribution in [1.82, 2.24) is 15.1 Å². The number of carbonyl (C=O) groups excluding carboxylic acids is 1. The maximum atomic E-state index is 12.6. The van der Waals surface area contributed by atoms with E-state index in [1.165, 1.54) is 12.8 Å². The maximum Gasteiger partial charge on any atom is 0.272 e. The molecule has 0 saturated heterocycles. The first kappa shape index (κ1) is 19.3. The molecular weight excluding hydrogens is 342 g/mol. The van der Waals surface area contributed by atoms with Gasteiger partial charge in [0.1, 0.15) is 5.69 Å². The van der Waals surface area contributed by atoms with Crippen LogP contribution in [0.1, 0.15) is 68.2 Å². The van der Waals surface area contributed by atoms with Crippen molar-refractivity contribution in [1.29, 1.82) is 0 Å². The number of nitrogens with zero attached hydrogens (tertiary/aromatic N) is 2. The fourth-order valence-electron chi connectivity index (χ4n) is 3.08. The predicted octanol–water partition coefficient (Wildman–Crippen LogP) is 3.85. The van der Waals surface area contributed by atoms with Crippen LogP contribution in [0.15, 0.2) is 24.3 Å². The molecule has 6 nitrogen and oxygen atoms in total. The summed E-state index contributed by atoms with van der Waals surface area (Å²) in [6.45, 7) is 9.24. The Hall–Kier alpha value is -2.50. The Labute approximate surface area is 160 Å². The summed E-state index contributed by atoms with van der Waals surface area (Å²) >= 11 is 0. The standard InChI is InChI=1S/C21H29N3O3/c1-6-27-18-10-7-14(11-19(18)26-5)13-22-20(25)16-12-17(15-8-9-15)24(23-16)21(2,3)4/h7,10-12,15H,6,8-9,13H2,1-5H3,(H,22,25). The molecule has 2 aromatic rings. The van der Waals surface area contributed by atoms with E-state index < -0.39 is 0 Å². The van der Waals surface area contributed by atoms with E-state index in [0.29, 0.717) is 36.3 Å². The summed E-state index contributed by atoms with van der Waals surface area (Å²) in [5.41, 5.74) is 2.44. The van der Waals surface area contributed by atoms with E-state index in [2.05, 4.69) is 31.2 Å². The lowest BCUT2D eigenvalue weighted by molar-refractivity contribution is 0.0944. The number of nitrogens with one attached hydrogen (secondary N) is 1. The highest BCUT2D eigenvalue weighted by atomic mass is 16.5. The smallest absolute Gasteiger partial charge is 0.272 e. The van der Waals surface area contributed by atoms with Crippen LogP contribution in [-0.2, 0) is 12.1 Å². The number of hydrogen-bond acceptors (Lipinski definition) is 4. The molecule has 1 aromatic heterocycles. The summed E-state index contributed by atoms with van der Waals surface area (Å²) in [4.78, 5) is 12.6. The first-order valence-electron chi connectivity index (χ1n) is 9.51. The monoisotopic (exact) mass is 371 g/mol. The molecule has 1 aliphatic carbocycles. The Morgan fingerprint density at radius 3 is 2.59 bits per heavy atom. The van der Waals surface area contributed by atoms with Gasteiger partial charge in [-0.3, -0.25) is 9.48 Å². The first-order valence-corrected chi connectivity index (χ1v) is 9.51. The molecule has 0 spiro atoms. The molecule has 1 aromatic carbocycles. The van der Waals surface area contributed by atoms with Gasteiger partial charge in [-0.05, 0) is 64.3 Å². The van der Waals surface area contributed by atoms with Gasteiger partial charge in [-0.1, -0.05) is 6.07 Å². The first-order chi connectivity index (χ1) is 12.8. The number of ether oxygens (including phenoxy) is 2. The normalized spacial score (nSPS) is 14.1. The van der Waals surface area contributed by atoms with Gasteiger partial charge < -0.3 is 14.8 Å². The molecule has 0 aliphatic heterocycles. The molecule has 27 heavy (non-hydrogen) atoms. The minimum absolute atomic E-state index is 0.140. The van der Waals surface area contributed by atoms with Crippen LogP contribution in [0.3, 0.4) is 0 Å². The second-order valence-corrected chi connectivity index (χ2v) is 7.91. The molecule has 1 aliphatic rings. The Bertz CT molecular complexity index is 817. The molecule has 0 radical (unpaired) electrons. The molecule has 6 heteroatoms. The summed E-state index contributed by atoms with van der Waals surface area (Å²) in [5, 5.41) is 7.55. The SMILES string of the molecule is CCOc1ccc(CNC(=O)c2cc(C3CC3)n(C(C)(C)C)n2)cc1OC. The average Bonchev–Trinajstić information content (AvgIpc) is 3.37. The molecule has 1 N–H and O–H groups in total. The lowest BCUT2D eigenvalue weighted by Crippen LogP contribution is -2.27. The predicted molar refractivity (Wildman–Crippen MR) is 105 cm³/mol. The van der Waals surface area contributed by atoms with Crippen molar-refractivity contribution in [3.63, 3.8) is 0 Å². The summed E-state index contributed by atoms with van der Waals surface area (Å²) < 4.78 is 12.9. The molecule has 0 atom stereocenters. The molecule has 1 heterocycles. The second kappa shape index (κ2) is 7.62. The zero-order valence-electron chi connectivity index (χ0n) is 16.8. The number of methoxy groups -OCH3 is 1. The minimum Gasteiger partial charge on any atom is -0.493 e. The highest BCUT2D eigenvalue weighted by Gasteiger charge is 2.32. The lowest BCUT2D eigenvalue weighted by Gasteiger charge is -2.22. The van der Waals surface area contributed by atoms with E-state index in [4.69, 9.17) is 9.47 Å². The van der Waals surface area contributed by atoms with Crippen molar-refractivity contribution in [2.24, 2.45) is 0 Å². The van der Waals surface area contributed by atoms with Crippen LogP contribution in [0.5, 0.6) is 11.5 Å². The molecular formula is C21H29N3O3. The van der Waals surface area contributed by atoms with Gasteiger partial charge in [0, 0.05) is 18.2 Å². The number of rotatable bonds is 7. The Balaban J connectivity index is 1.71. The number of benzene rings is 1. The van der Waals surface area contributed by atoms with Crippen LogP contribution in [0.4, 0.5) is 0 Å². The van der Waals surface area contributed by atoms with Gasteiger partial charge in [0.2, 0.25) is 0 Å². The van der Waals surface area contributed by atoms with Crippen LogP contribution in [0, 0.1) is 0 Å². The van der Waals surface area contributed by atoms with Crippen molar-refractivity contribution in [2.75, 3.05) is 13.7 Å². The zero-order valence-corrected chi connectivity index (χ0v) is 16.8. The van der Waals surface area contributed by atoms with E-state index in [1.807, 2.05) is 35.9 Å². The number of hydrogen-bond donors (Lipinski definition) is 1. The van der Waals surface area contributed by atoms with E-state index in [0.717, 1.165) is 11.3 Å². The van der Waals surface area contributed by atoms with Gasteiger partial charge in [0.15, 0.2) is 11.5 Å². The van der Waals surface area contributed by atoms with Gasteiger partial charge in [-0.15, -0.1) is 0 Å². The third kappa shape index (κ3) is 4.43. The van der Waals surface area contributed by atoms with Gasteiger partial charge in [0.05, 0.1) is 19.3 Å². The number of aromatic nitrogens is 2. The fourth-order valence-corrected chi connectivity index (χ4v) is 3.08. The summed E-state index contributed by atoms with van der Waals surface area (Å²) in [6.07, 6.45) is 2.35. The Morgan fingerprint density at radius 2 is 2.00 bits per heavy atom. The van der Waals surface area contributed by atoms with Crippen LogP contribution < -0.4 is 14.8 Å². The minimum atomic E-state index is -0.159. The Kier molecular flexibility index (Phi) is 5.44. The molecule has 1 saturated carbocycles. The van der Waals surface area contributed by atoms with Crippen molar-refractivity contribution < 1.29 is 14.3 Å². The van der Waals surface area contributed by atoms with Crippen LogP contribution in [0.2, 0.25) is 0 Å². The van der Waals surface area contributed by atoms with Crippen molar-refractivity contribution >= 4 is 5.91 Å². The third-order valence-electron chi connectivity index (χ3n) is 4.58. The van der Waals surface area contributed by atoms with Gasteiger partial charge >= 0.3 is 0 Å². The van der Waals surface area contributed by atoms with Gasteiger partial charge in [-0.2, -0.15) is 5.10 Å². The summed E-state index contributed by atoms with van der Waals surface area (Å²) in [7, 11) is 1.61. The number of carbonyl (C=O) groups is 1. The van der Waals surface area contributed by atoms with E-state index >= 15 is 0 Å². The van der Waals surface area contributed by atoms with Gasteiger partial charge in [-0.25, -0.2) is 0 Å². The largest absolute Gasteiger partial charge is 0.493 e. The van der Waals surface area contributed by atoms with Crippen molar-refractivity contribution in [3.05, 3.63) is 41.2 Å². The molecule has 0 bridgehead atoms. The molecule has 1 amide bonds.